The molecule has 0 saturated carbocycles. The maximum absolute atomic E-state index is 11.3. The van der Waals surface area contributed by atoms with Gasteiger partial charge in [-0.15, -0.1) is 0 Å². The Labute approximate surface area is 132 Å². The van der Waals surface area contributed by atoms with Crippen molar-refractivity contribution in [1.82, 2.24) is 0 Å². The fourth-order valence-corrected chi connectivity index (χ4v) is 5.73. The van der Waals surface area contributed by atoms with Crippen molar-refractivity contribution in [2.45, 2.75) is 41.5 Å². The summed E-state index contributed by atoms with van der Waals surface area (Å²) in [7, 11) is 0. The monoisotopic (exact) mass is 408 g/mol. The number of ketones is 1. The molecule has 2 unspecified atom stereocenters. The first-order valence-electron chi connectivity index (χ1n) is 6.61. The molecule has 8 heteroatoms. The van der Waals surface area contributed by atoms with Crippen LogP contribution < -0.4 is 0 Å². The second-order valence-electron chi connectivity index (χ2n) is 4.87. The zero-order valence-electron chi connectivity index (χ0n) is 11.9. The second-order valence-corrected chi connectivity index (χ2v) is 9.15. The number of carboxylic acids is 3. The molecule has 0 aliphatic carbocycles. The quantitative estimate of drug-likeness (QED) is 0.327. The molecule has 0 saturated heterocycles. The molecular weight excluding hydrogens is 387 g/mol. The summed E-state index contributed by atoms with van der Waals surface area (Å²) < 4.78 is 1.51. The van der Waals surface area contributed by atoms with E-state index in [0.717, 1.165) is 4.44 Å². The van der Waals surface area contributed by atoms with Crippen molar-refractivity contribution < 1.29 is 34.5 Å². The molecule has 0 aromatic carbocycles. The van der Waals surface area contributed by atoms with Gasteiger partial charge in [-0.1, -0.05) is 0 Å². The van der Waals surface area contributed by atoms with Gasteiger partial charge in [-0.2, -0.15) is 0 Å². The molecule has 0 fully saturated rings. The van der Waals surface area contributed by atoms with Gasteiger partial charge in [0.15, 0.2) is 0 Å². The van der Waals surface area contributed by atoms with Gasteiger partial charge in [0.1, 0.15) is 0 Å². The SMILES string of the molecule is CC(=O)C(C[CH2][Sn][CH2]CC(CC(=O)O)C(=O)O)CC(=O)O. The van der Waals surface area contributed by atoms with E-state index in [4.69, 9.17) is 15.3 Å². The van der Waals surface area contributed by atoms with Gasteiger partial charge in [0.25, 0.3) is 0 Å². The van der Waals surface area contributed by atoms with E-state index in [9.17, 15) is 19.2 Å². The van der Waals surface area contributed by atoms with Crippen molar-refractivity contribution >= 4 is 44.8 Å². The van der Waals surface area contributed by atoms with Crippen LogP contribution >= 0.6 is 0 Å². The number of rotatable bonds is 12. The van der Waals surface area contributed by atoms with Crippen LogP contribution in [0.5, 0.6) is 0 Å². The van der Waals surface area contributed by atoms with Crippen LogP contribution in [0.4, 0.5) is 0 Å². The normalized spacial score (nSPS) is 13.4. The predicted octanol–water partition coefficient (Wildman–Crippen LogP) is 1.16. The third kappa shape index (κ3) is 10.3. The fraction of sp³-hybridized carbons (Fsp3) is 0.692. The van der Waals surface area contributed by atoms with Crippen molar-refractivity contribution in [3.63, 3.8) is 0 Å². The average Bonchev–Trinajstić information content (AvgIpc) is 2.34. The standard InChI is InChI=1S/C7H11O3.C6H9O4.Sn/c1-3-6(5(2)8)4-7(9)10;1-2-4(6(9)10)3-5(7)8;/h6H,1,3-4H2,2H3,(H,9,10);4H,1-3H2,(H,7,8)(H,9,10);. The van der Waals surface area contributed by atoms with E-state index in [-0.39, 0.29) is 18.6 Å². The van der Waals surface area contributed by atoms with Crippen molar-refractivity contribution in [2.24, 2.45) is 11.8 Å². The van der Waals surface area contributed by atoms with Crippen molar-refractivity contribution in [3.05, 3.63) is 0 Å². The summed E-state index contributed by atoms with van der Waals surface area (Å²) in [5, 5.41) is 26.2. The third-order valence-electron chi connectivity index (χ3n) is 3.11. The van der Waals surface area contributed by atoms with Crippen LogP contribution in [0.3, 0.4) is 0 Å². The summed E-state index contributed by atoms with van der Waals surface area (Å²) in [5.74, 6) is -4.65. The first kappa shape index (κ1) is 19.9. The van der Waals surface area contributed by atoms with Gasteiger partial charge < -0.3 is 0 Å². The zero-order chi connectivity index (χ0) is 16.4. The summed E-state index contributed by atoms with van der Waals surface area (Å²) in [4.78, 5) is 43.3. The summed E-state index contributed by atoms with van der Waals surface area (Å²) in [6.07, 6.45) is 0.345. The first-order chi connectivity index (χ1) is 9.73. The number of hydrogen-bond acceptors (Lipinski definition) is 4. The molecule has 0 aliphatic rings. The van der Waals surface area contributed by atoms with E-state index in [0.29, 0.717) is 17.3 Å². The zero-order valence-corrected chi connectivity index (χ0v) is 14.7. The van der Waals surface area contributed by atoms with Crippen molar-refractivity contribution in [3.8, 4) is 0 Å². The molecule has 0 bridgehead atoms. The third-order valence-corrected chi connectivity index (χ3v) is 6.77. The predicted molar refractivity (Wildman–Crippen MR) is 74.4 cm³/mol. The number of carboxylic acid groups (broad SMARTS) is 3. The van der Waals surface area contributed by atoms with Crippen LogP contribution in [0.15, 0.2) is 0 Å². The Bertz CT molecular complexity index is 358. The Morgan fingerprint density at radius 3 is 1.67 bits per heavy atom. The fourth-order valence-electron chi connectivity index (χ4n) is 1.86. The number of Topliss-reactive ketones (excluding diaryl/α,β-unsaturated/α-hetero) is 1. The van der Waals surface area contributed by atoms with Gasteiger partial charge in [0.2, 0.25) is 0 Å². The summed E-state index contributed by atoms with van der Waals surface area (Å²) in [6, 6.07) is 0. The van der Waals surface area contributed by atoms with Gasteiger partial charge >= 0.3 is 133 Å². The van der Waals surface area contributed by atoms with Crippen LogP contribution in [-0.4, -0.2) is 60.2 Å². The molecule has 0 spiro atoms. The summed E-state index contributed by atoms with van der Waals surface area (Å²) in [5.41, 5.74) is 0. The van der Waals surface area contributed by atoms with Crippen LogP contribution in [0.2, 0.25) is 8.87 Å². The van der Waals surface area contributed by atoms with Crippen LogP contribution in [-0.2, 0) is 19.2 Å². The Morgan fingerprint density at radius 2 is 1.29 bits per heavy atom. The van der Waals surface area contributed by atoms with E-state index < -0.39 is 50.9 Å². The number of carbonyl (C=O) groups excluding carboxylic acids is 1. The van der Waals surface area contributed by atoms with Gasteiger partial charge in [-0.3, -0.25) is 0 Å². The molecule has 0 rings (SSSR count). The molecule has 2 atom stereocenters. The van der Waals surface area contributed by atoms with Crippen LogP contribution in [0.25, 0.3) is 0 Å². The summed E-state index contributed by atoms with van der Waals surface area (Å²) >= 11 is -0.888. The van der Waals surface area contributed by atoms with Gasteiger partial charge in [-0.25, -0.2) is 0 Å². The Hall–Kier alpha value is -1.12. The Kier molecular flexibility index (Phi) is 10.0. The molecule has 7 nitrogen and oxygen atoms in total. The maximum atomic E-state index is 11.3. The molecule has 0 heterocycles. The number of carbonyl (C=O) groups is 4. The van der Waals surface area contributed by atoms with E-state index in [2.05, 4.69) is 0 Å². The Morgan fingerprint density at radius 1 is 0.857 bits per heavy atom. The molecule has 0 aromatic heterocycles. The number of hydrogen-bond donors (Lipinski definition) is 3. The van der Waals surface area contributed by atoms with Crippen molar-refractivity contribution in [1.29, 1.82) is 0 Å². The molecule has 3 N–H and O–H groups in total. The molecule has 21 heavy (non-hydrogen) atoms. The average molecular weight is 407 g/mol. The molecule has 0 aromatic rings. The Balaban J connectivity index is 4.01. The van der Waals surface area contributed by atoms with E-state index in [1.165, 1.54) is 6.92 Å². The number of aliphatic carboxylic acids is 3. The van der Waals surface area contributed by atoms with Crippen LogP contribution in [0.1, 0.15) is 32.6 Å². The molecule has 0 amide bonds. The van der Waals surface area contributed by atoms with E-state index in [1.807, 2.05) is 0 Å². The molecule has 118 valence electrons. The van der Waals surface area contributed by atoms with E-state index >= 15 is 0 Å². The van der Waals surface area contributed by atoms with E-state index in [1.54, 1.807) is 0 Å². The molecule has 2 radical (unpaired) electrons. The topological polar surface area (TPSA) is 129 Å². The van der Waals surface area contributed by atoms with Crippen molar-refractivity contribution in [2.75, 3.05) is 0 Å². The minimum atomic E-state index is -1.12. The van der Waals surface area contributed by atoms with Gasteiger partial charge in [0, 0.05) is 0 Å². The van der Waals surface area contributed by atoms with Gasteiger partial charge in [-0.05, 0) is 0 Å². The van der Waals surface area contributed by atoms with Gasteiger partial charge in [0.05, 0.1) is 0 Å². The van der Waals surface area contributed by atoms with Crippen LogP contribution in [0, 0.1) is 11.8 Å². The summed E-state index contributed by atoms with van der Waals surface area (Å²) in [6.45, 7) is 1.38. The molecular formula is C13H20O7Sn. The first-order valence-corrected chi connectivity index (χ1v) is 10.6. The second kappa shape index (κ2) is 10.6. The molecule has 0 aliphatic heterocycles. The minimum absolute atomic E-state index is 0.133.